The maximum Gasteiger partial charge on any atom is 0.270 e. The maximum atomic E-state index is 13.7. The molecule has 0 spiro atoms. The first-order valence-corrected chi connectivity index (χ1v) is 15.8. The van der Waals surface area contributed by atoms with Crippen LogP contribution in [0.1, 0.15) is 55.3 Å². The predicted molar refractivity (Wildman–Crippen MR) is 182 cm³/mol. The molecule has 0 fully saturated rings. The number of nitro groups is 2. The van der Waals surface area contributed by atoms with Gasteiger partial charge < -0.3 is 10.6 Å². The number of aromatic nitrogens is 1. The van der Waals surface area contributed by atoms with E-state index in [1.165, 1.54) is 24.3 Å². The number of non-ortho nitro benzene ring substituents is 2. The Morgan fingerprint density at radius 2 is 1.20 bits per heavy atom. The zero-order valence-corrected chi connectivity index (χ0v) is 26.8. The molecular weight excluding hydrogens is 646 g/mol. The molecule has 1 aromatic heterocycles. The van der Waals surface area contributed by atoms with Crippen LogP contribution < -0.4 is 10.6 Å². The summed E-state index contributed by atoms with van der Waals surface area (Å²) in [6.07, 6.45) is 3.12. The molecule has 2 aliphatic heterocycles. The van der Waals surface area contributed by atoms with E-state index in [0.29, 0.717) is 51.0 Å². The summed E-state index contributed by atoms with van der Waals surface area (Å²) in [6, 6.07) is 12.2. The Morgan fingerprint density at radius 3 is 1.80 bits per heavy atom. The summed E-state index contributed by atoms with van der Waals surface area (Å²) in [4.78, 5) is 82.7. The fourth-order valence-corrected chi connectivity index (χ4v) is 6.91. The minimum atomic E-state index is -0.626. The summed E-state index contributed by atoms with van der Waals surface area (Å²) in [6.45, 7) is 4.68. The lowest BCUT2D eigenvalue weighted by Gasteiger charge is -2.32. The molecule has 15 nitrogen and oxygen atoms in total. The van der Waals surface area contributed by atoms with Crippen LogP contribution in [0.25, 0.3) is 32.3 Å². The largest absolute Gasteiger partial charge is 0.313 e. The zero-order chi connectivity index (χ0) is 35.4. The summed E-state index contributed by atoms with van der Waals surface area (Å²) in [5, 5.41) is 32.6. The van der Waals surface area contributed by atoms with Crippen molar-refractivity contribution >= 4 is 67.3 Å². The second-order valence-corrected chi connectivity index (χ2v) is 12.4. The van der Waals surface area contributed by atoms with Crippen molar-refractivity contribution in [3.63, 3.8) is 0 Å². The number of nitro benzene ring substituents is 2. The molecule has 2 N–H and O–H groups in total. The first kappa shape index (κ1) is 32.4. The third-order valence-electron chi connectivity index (χ3n) is 9.26. The Morgan fingerprint density at radius 1 is 0.660 bits per heavy atom. The number of nitrogens with one attached hydrogen (secondary N) is 2. The van der Waals surface area contributed by atoms with E-state index in [1.54, 1.807) is 56.6 Å². The number of pyridine rings is 1. The van der Waals surface area contributed by atoms with Crippen LogP contribution in [0, 0.1) is 20.2 Å². The van der Waals surface area contributed by atoms with Crippen LogP contribution in [0.4, 0.5) is 11.4 Å². The Labute approximate surface area is 283 Å². The molecule has 0 saturated heterocycles. The van der Waals surface area contributed by atoms with Gasteiger partial charge in [0.2, 0.25) is 0 Å². The van der Waals surface area contributed by atoms with Gasteiger partial charge in [-0.3, -0.25) is 54.2 Å². The van der Waals surface area contributed by atoms with Gasteiger partial charge >= 0.3 is 0 Å². The van der Waals surface area contributed by atoms with Crippen LogP contribution in [0.2, 0.25) is 0 Å². The molecule has 3 heterocycles. The zero-order valence-electron chi connectivity index (χ0n) is 26.8. The fraction of sp³-hybridized carbons (Fsp3) is 0.229. The van der Waals surface area contributed by atoms with Gasteiger partial charge in [0, 0.05) is 102 Å². The van der Waals surface area contributed by atoms with Gasteiger partial charge in [0.1, 0.15) is 0 Å². The third-order valence-corrected chi connectivity index (χ3v) is 9.26. The normalized spacial score (nSPS) is 15.3. The van der Waals surface area contributed by atoms with Gasteiger partial charge in [-0.2, -0.15) is 0 Å². The van der Waals surface area contributed by atoms with E-state index in [9.17, 15) is 39.4 Å². The lowest BCUT2D eigenvalue weighted by Crippen LogP contribution is -2.51. The number of benzene rings is 4. The summed E-state index contributed by atoms with van der Waals surface area (Å²) < 4.78 is 0. The second-order valence-electron chi connectivity index (χ2n) is 12.4. The van der Waals surface area contributed by atoms with E-state index in [2.05, 4.69) is 15.6 Å². The van der Waals surface area contributed by atoms with E-state index in [1.807, 2.05) is 0 Å². The van der Waals surface area contributed by atoms with Crippen molar-refractivity contribution < 1.29 is 29.0 Å². The van der Waals surface area contributed by atoms with Gasteiger partial charge in [-0.1, -0.05) is 12.1 Å². The highest BCUT2D eigenvalue weighted by molar-refractivity contribution is 6.30. The smallest absolute Gasteiger partial charge is 0.270 e. The van der Waals surface area contributed by atoms with Gasteiger partial charge in [-0.05, 0) is 48.2 Å². The van der Waals surface area contributed by atoms with E-state index in [4.69, 9.17) is 0 Å². The average molecular weight is 676 g/mol. The SMILES string of the molecule is C[C@H](CNCCNC[C@@H](C)N1C(=O)c2cc([N+](=O)[O-])cc3c2c(cc2ccncc23)C1=O)N1C(=O)c2cccc3cc([N+](=O)[O-])cc(c23)C1=O. The van der Waals surface area contributed by atoms with Crippen molar-refractivity contribution in [1.29, 1.82) is 0 Å². The molecule has 0 radical (unpaired) electrons. The molecule has 0 bridgehead atoms. The number of carbonyl (C=O) groups excluding carboxylic acids is 4. The van der Waals surface area contributed by atoms with Crippen LogP contribution in [0.15, 0.2) is 67.0 Å². The van der Waals surface area contributed by atoms with Gasteiger partial charge in [0.15, 0.2) is 0 Å². The lowest BCUT2D eigenvalue weighted by atomic mass is 9.89. The van der Waals surface area contributed by atoms with Crippen molar-refractivity contribution in [3.8, 4) is 0 Å². The molecule has 0 saturated carbocycles. The quantitative estimate of drug-likeness (QED) is 0.0669. The highest BCUT2D eigenvalue weighted by atomic mass is 16.6. The monoisotopic (exact) mass is 675 g/mol. The molecule has 2 atom stereocenters. The van der Waals surface area contributed by atoms with E-state index in [-0.39, 0.29) is 41.2 Å². The third kappa shape index (κ3) is 5.19. The van der Waals surface area contributed by atoms with Gasteiger partial charge in [-0.15, -0.1) is 0 Å². The highest BCUT2D eigenvalue weighted by Gasteiger charge is 2.39. The molecule has 5 aromatic rings. The minimum absolute atomic E-state index is 0.0762. The number of hydrogen-bond donors (Lipinski definition) is 2. The highest BCUT2D eigenvalue weighted by Crippen LogP contribution is 2.38. The number of imide groups is 2. The number of amides is 4. The summed E-state index contributed by atoms with van der Waals surface area (Å²) >= 11 is 0. The van der Waals surface area contributed by atoms with Crippen LogP contribution >= 0.6 is 0 Å². The van der Waals surface area contributed by atoms with Crippen molar-refractivity contribution in [3.05, 3.63) is 109 Å². The van der Waals surface area contributed by atoms with Gasteiger partial charge in [-0.25, -0.2) is 0 Å². The lowest BCUT2D eigenvalue weighted by molar-refractivity contribution is -0.384. The molecule has 252 valence electrons. The first-order chi connectivity index (χ1) is 24.0. The van der Waals surface area contributed by atoms with Gasteiger partial charge in [0.25, 0.3) is 35.0 Å². The summed E-state index contributed by atoms with van der Waals surface area (Å²) in [7, 11) is 0. The summed E-state index contributed by atoms with van der Waals surface area (Å²) in [5.74, 6) is -2.21. The molecule has 4 aromatic carbocycles. The van der Waals surface area contributed by atoms with Crippen molar-refractivity contribution in [2.75, 3.05) is 26.2 Å². The Kier molecular flexibility index (Phi) is 8.00. The molecule has 50 heavy (non-hydrogen) atoms. The maximum absolute atomic E-state index is 13.7. The molecule has 15 heteroatoms. The molecule has 0 aliphatic carbocycles. The standard InChI is InChI=1S/C35H29N7O8/c1-18(39-32(43)24-5-3-4-21-10-22(41(47)48)13-27(30(21)24)34(39)45)15-37-8-9-38-16-19(2)40-33(44)26-11-20-6-7-36-17-29(20)25-12-23(42(49)50)14-28(31(25)26)35(40)46/h3-7,10-14,17-19,37-38H,8-9,15-16H2,1-2H3/t18-,19-/m1/s1. The predicted octanol–water partition coefficient (Wildman–Crippen LogP) is 4.21. The number of hydrogen-bond acceptors (Lipinski definition) is 11. The Balaban J connectivity index is 0.996. The van der Waals surface area contributed by atoms with Crippen LogP contribution in [-0.4, -0.2) is 86.5 Å². The van der Waals surface area contributed by atoms with Gasteiger partial charge in [0.05, 0.1) is 21.0 Å². The fourth-order valence-electron chi connectivity index (χ4n) is 6.91. The number of nitrogens with zero attached hydrogens (tertiary/aromatic N) is 5. The Hall–Kier alpha value is -6.19. The Bertz CT molecular complexity index is 2340. The molecular formula is C35H29N7O8. The minimum Gasteiger partial charge on any atom is -0.313 e. The number of rotatable bonds is 11. The van der Waals surface area contributed by atoms with E-state index in [0.717, 1.165) is 9.80 Å². The van der Waals surface area contributed by atoms with E-state index < -0.39 is 45.6 Å². The van der Waals surface area contributed by atoms with Crippen LogP contribution in [0.3, 0.4) is 0 Å². The molecule has 0 unspecified atom stereocenters. The average Bonchev–Trinajstić information content (AvgIpc) is 3.10. The van der Waals surface area contributed by atoms with Crippen LogP contribution in [-0.2, 0) is 0 Å². The van der Waals surface area contributed by atoms with Crippen LogP contribution in [0.5, 0.6) is 0 Å². The van der Waals surface area contributed by atoms with Crippen molar-refractivity contribution in [2.24, 2.45) is 0 Å². The topological polar surface area (TPSA) is 198 Å². The summed E-state index contributed by atoms with van der Waals surface area (Å²) in [5.41, 5.74) is 0.259. The molecule has 2 aliphatic rings. The second kappa shape index (κ2) is 12.4. The first-order valence-electron chi connectivity index (χ1n) is 15.8. The van der Waals surface area contributed by atoms with Crippen molar-refractivity contribution in [1.82, 2.24) is 25.4 Å². The molecule has 4 amide bonds. The number of fused-ring (bicyclic) bond motifs is 2. The number of carbonyl (C=O) groups is 4. The van der Waals surface area contributed by atoms with Crippen molar-refractivity contribution in [2.45, 2.75) is 25.9 Å². The van der Waals surface area contributed by atoms with E-state index >= 15 is 0 Å². The molecule has 7 rings (SSSR count).